The summed E-state index contributed by atoms with van der Waals surface area (Å²) in [7, 11) is 4.04. The number of amides is 3. The van der Waals surface area contributed by atoms with Gasteiger partial charge >= 0.3 is 6.03 Å². The van der Waals surface area contributed by atoms with Crippen molar-refractivity contribution in [2.24, 2.45) is 0 Å². The van der Waals surface area contributed by atoms with E-state index in [1.165, 1.54) is 12.5 Å². The lowest BCUT2D eigenvalue weighted by atomic mass is 10.1. The van der Waals surface area contributed by atoms with Crippen molar-refractivity contribution in [2.45, 2.75) is 20.0 Å². The van der Waals surface area contributed by atoms with Gasteiger partial charge in [0.1, 0.15) is 0 Å². The van der Waals surface area contributed by atoms with E-state index in [1.54, 1.807) is 24.3 Å². The third-order valence-electron chi connectivity index (χ3n) is 3.38. The molecule has 2 rings (SSSR count). The van der Waals surface area contributed by atoms with E-state index in [2.05, 4.69) is 33.0 Å². The molecule has 0 aliphatic heterocycles. The van der Waals surface area contributed by atoms with Crippen LogP contribution in [-0.2, 0) is 17.9 Å². The summed E-state index contributed by atoms with van der Waals surface area (Å²) in [6.07, 6.45) is 0. The molecule has 132 valence electrons. The number of carbonyl (C=O) groups is 2. The molecule has 0 heterocycles. The summed E-state index contributed by atoms with van der Waals surface area (Å²) >= 11 is 0. The van der Waals surface area contributed by atoms with Crippen molar-refractivity contribution in [1.82, 2.24) is 10.2 Å². The first-order valence-electron chi connectivity index (χ1n) is 8.07. The Bertz CT molecular complexity index is 744. The highest BCUT2D eigenvalue weighted by atomic mass is 16.2. The van der Waals surface area contributed by atoms with Crippen molar-refractivity contribution in [3.8, 4) is 0 Å². The van der Waals surface area contributed by atoms with Crippen LogP contribution in [0.4, 0.5) is 16.2 Å². The molecule has 0 aliphatic carbocycles. The smallest absolute Gasteiger partial charge is 0.319 e. The molecule has 0 fully saturated rings. The molecule has 0 saturated carbocycles. The van der Waals surface area contributed by atoms with Crippen LogP contribution in [0.1, 0.15) is 18.1 Å². The van der Waals surface area contributed by atoms with Gasteiger partial charge in [-0.2, -0.15) is 0 Å². The van der Waals surface area contributed by atoms with Crippen LogP contribution in [0, 0.1) is 0 Å². The highest BCUT2D eigenvalue weighted by Crippen LogP contribution is 2.15. The number of carbonyl (C=O) groups excluding carboxylic acids is 2. The third-order valence-corrected chi connectivity index (χ3v) is 3.38. The number of hydrogen-bond acceptors (Lipinski definition) is 3. The Hall–Kier alpha value is -2.86. The van der Waals surface area contributed by atoms with E-state index < -0.39 is 0 Å². The summed E-state index contributed by atoms with van der Waals surface area (Å²) in [6.45, 7) is 2.74. The molecule has 3 amide bonds. The molecule has 0 saturated heterocycles. The third kappa shape index (κ3) is 6.64. The largest absolute Gasteiger partial charge is 0.334 e. The Morgan fingerprint density at radius 3 is 2.24 bits per heavy atom. The van der Waals surface area contributed by atoms with Crippen LogP contribution in [-0.4, -0.2) is 30.9 Å². The predicted octanol–water partition coefficient (Wildman–Crippen LogP) is 3.03. The summed E-state index contributed by atoms with van der Waals surface area (Å²) in [5, 5.41) is 8.28. The Balaban J connectivity index is 1.89. The average Bonchev–Trinajstić information content (AvgIpc) is 2.52. The van der Waals surface area contributed by atoms with E-state index in [0.717, 1.165) is 12.1 Å². The van der Waals surface area contributed by atoms with Gasteiger partial charge < -0.3 is 20.9 Å². The number of hydrogen-bond donors (Lipinski definition) is 3. The first kappa shape index (κ1) is 18.5. The minimum absolute atomic E-state index is 0.154. The highest BCUT2D eigenvalue weighted by Gasteiger charge is 2.04. The molecule has 0 aromatic heterocycles. The fourth-order valence-electron chi connectivity index (χ4n) is 2.44. The second-order valence-corrected chi connectivity index (χ2v) is 6.13. The van der Waals surface area contributed by atoms with Gasteiger partial charge in [-0.05, 0) is 43.4 Å². The lowest BCUT2D eigenvalue weighted by Gasteiger charge is -2.12. The van der Waals surface area contributed by atoms with E-state index in [-0.39, 0.29) is 11.9 Å². The summed E-state index contributed by atoms with van der Waals surface area (Å²) in [6, 6.07) is 14.8. The number of nitrogens with zero attached hydrogens (tertiary/aromatic N) is 1. The molecule has 6 nitrogen and oxygen atoms in total. The Kier molecular flexibility index (Phi) is 6.54. The monoisotopic (exact) mass is 340 g/mol. The van der Waals surface area contributed by atoms with Gasteiger partial charge in [-0.1, -0.05) is 30.3 Å². The van der Waals surface area contributed by atoms with Gasteiger partial charge in [0.2, 0.25) is 5.91 Å². The molecule has 0 bridgehead atoms. The second-order valence-electron chi connectivity index (χ2n) is 6.13. The van der Waals surface area contributed by atoms with Gasteiger partial charge in [0.05, 0.1) is 0 Å². The van der Waals surface area contributed by atoms with Crippen LogP contribution in [0.15, 0.2) is 48.5 Å². The fraction of sp³-hybridized carbons (Fsp3) is 0.263. The first-order valence-corrected chi connectivity index (χ1v) is 8.07. The van der Waals surface area contributed by atoms with Crippen LogP contribution < -0.4 is 16.0 Å². The van der Waals surface area contributed by atoms with Crippen LogP contribution in [0.3, 0.4) is 0 Å². The van der Waals surface area contributed by atoms with Crippen molar-refractivity contribution in [3.63, 3.8) is 0 Å². The van der Waals surface area contributed by atoms with Crippen LogP contribution in [0.25, 0.3) is 0 Å². The van der Waals surface area contributed by atoms with Crippen molar-refractivity contribution < 1.29 is 9.59 Å². The first-order chi connectivity index (χ1) is 11.9. The van der Waals surface area contributed by atoms with Gasteiger partial charge in [-0.25, -0.2) is 4.79 Å². The Morgan fingerprint density at radius 1 is 0.920 bits per heavy atom. The predicted molar refractivity (Wildman–Crippen MR) is 100 cm³/mol. The molecule has 0 unspecified atom stereocenters. The minimum atomic E-state index is -0.294. The van der Waals surface area contributed by atoms with Crippen LogP contribution in [0.5, 0.6) is 0 Å². The highest BCUT2D eigenvalue weighted by molar-refractivity contribution is 5.92. The van der Waals surface area contributed by atoms with Gasteiger partial charge in [0.25, 0.3) is 0 Å². The zero-order valence-corrected chi connectivity index (χ0v) is 14.8. The summed E-state index contributed by atoms with van der Waals surface area (Å²) in [5.41, 5.74) is 3.50. The molecule has 0 atom stereocenters. The molecule has 25 heavy (non-hydrogen) atoms. The lowest BCUT2D eigenvalue weighted by molar-refractivity contribution is -0.114. The molecule has 3 N–H and O–H groups in total. The minimum Gasteiger partial charge on any atom is -0.334 e. The van der Waals surface area contributed by atoms with Gasteiger partial charge in [-0.3, -0.25) is 4.79 Å². The quantitative estimate of drug-likeness (QED) is 0.757. The van der Waals surface area contributed by atoms with Crippen LogP contribution >= 0.6 is 0 Å². The van der Waals surface area contributed by atoms with E-state index in [0.29, 0.717) is 17.9 Å². The number of benzene rings is 2. The van der Waals surface area contributed by atoms with Crippen LogP contribution in [0.2, 0.25) is 0 Å². The molecule has 6 heteroatoms. The zero-order chi connectivity index (χ0) is 18.2. The molecule has 2 aromatic rings. The molecule has 0 spiro atoms. The standard InChI is InChI=1S/C19H24N4O2/c1-14(24)21-17-8-5-9-18(11-17)22-19(25)20-12-15-6-4-7-16(10-15)13-23(2)3/h4-11H,12-13H2,1-3H3,(H,21,24)(H2,20,22,25). The van der Waals surface area contributed by atoms with E-state index in [9.17, 15) is 9.59 Å². The molecule has 2 aromatic carbocycles. The topological polar surface area (TPSA) is 73.5 Å². The normalized spacial score (nSPS) is 10.4. The number of urea groups is 1. The van der Waals surface area contributed by atoms with Crippen molar-refractivity contribution >= 4 is 23.3 Å². The lowest BCUT2D eigenvalue weighted by Crippen LogP contribution is -2.28. The van der Waals surface area contributed by atoms with Crippen molar-refractivity contribution in [2.75, 3.05) is 24.7 Å². The fourth-order valence-corrected chi connectivity index (χ4v) is 2.44. The summed E-state index contributed by atoms with van der Waals surface area (Å²) in [4.78, 5) is 25.2. The number of rotatable bonds is 6. The summed E-state index contributed by atoms with van der Waals surface area (Å²) < 4.78 is 0. The SMILES string of the molecule is CC(=O)Nc1cccc(NC(=O)NCc2cccc(CN(C)C)c2)c1. The zero-order valence-electron chi connectivity index (χ0n) is 14.8. The van der Waals surface area contributed by atoms with Gasteiger partial charge in [0.15, 0.2) is 0 Å². The van der Waals surface area contributed by atoms with Gasteiger partial charge in [-0.15, -0.1) is 0 Å². The Labute approximate surface area is 148 Å². The van der Waals surface area contributed by atoms with E-state index in [1.807, 2.05) is 26.2 Å². The Morgan fingerprint density at radius 2 is 1.56 bits per heavy atom. The number of anilines is 2. The molecular weight excluding hydrogens is 316 g/mol. The van der Waals surface area contributed by atoms with E-state index >= 15 is 0 Å². The summed E-state index contributed by atoms with van der Waals surface area (Å²) in [5.74, 6) is -0.154. The van der Waals surface area contributed by atoms with Crippen molar-refractivity contribution in [3.05, 3.63) is 59.7 Å². The van der Waals surface area contributed by atoms with Crippen molar-refractivity contribution in [1.29, 1.82) is 0 Å². The second kappa shape index (κ2) is 8.84. The van der Waals surface area contributed by atoms with Gasteiger partial charge in [0, 0.05) is 31.4 Å². The average molecular weight is 340 g/mol. The maximum atomic E-state index is 12.1. The molecule has 0 aliphatic rings. The number of nitrogens with one attached hydrogen (secondary N) is 3. The van der Waals surface area contributed by atoms with E-state index in [4.69, 9.17) is 0 Å². The molecular formula is C19H24N4O2. The molecule has 0 radical (unpaired) electrons. The maximum absolute atomic E-state index is 12.1. The maximum Gasteiger partial charge on any atom is 0.319 e.